The number of hydrogen-bond donors (Lipinski definition) is 1. The van der Waals surface area contributed by atoms with Crippen LogP contribution in [0.1, 0.15) is 35.3 Å². The molecule has 1 saturated carbocycles. The Bertz CT molecular complexity index is 485. The average molecular weight is 289 g/mol. The van der Waals surface area contributed by atoms with Crippen molar-refractivity contribution in [3.05, 3.63) is 29.6 Å². The molecule has 1 saturated heterocycles. The molecule has 1 N–H and O–H groups in total. The quantitative estimate of drug-likeness (QED) is 0.803. The van der Waals surface area contributed by atoms with Gasteiger partial charge in [-0.3, -0.25) is 4.98 Å². The summed E-state index contributed by atoms with van der Waals surface area (Å²) in [7, 11) is 1.38. The molecule has 5 heteroatoms. The van der Waals surface area contributed by atoms with Gasteiger partial charge < -0.3 is 15.0 Å². The molecule has 21 heavy (non-hydrogen) atoms. The van der Waals surface area contributed by atoms with Crippen molar-refractivity contribution in [1.29, 1.82) is 0 Å². The molecular formula is C16H23N3O2. The third-order valence-electron chi connectivity index (χ3n) is 4.37. The van der Waals surface area contributed by atoms with Crippen LogP contribution in [-0.4, -0.2) is 48.6 Å². The largest absolute Gasteiger partial charge is 0.465 e. The maximum absolute atomic E-state index is 11.3. The molecule has 1 aromatic heterocycles. The van der Waals surface area contributed by atoms with Crippen molar-refractivity contribution in [2.24, 2.45) is 5.92 Å². The lowest BCUT2D eigenvalue weighted by Crippen LogP contribution is -2.27. The second-order valence-corrected chi connectivity index (χ2v) is 6.04. The number of esters is 1. The van der Waals surface area contributed by atoms with Crippen LogP contribution in [0.5, 0.6) is 0 Å². The van der Waals surface area contributed by atoms with Gasteiger partial charge in [-0.2, -0.15) is 0 Å². The van der Waals surface area contributed by atoms with E-state index in [1.165, 1.54) is 39.5 Å². The number of hydrogen-bond acceptors (Lipinski definition) is 5. The van der Waals surface area contributed by atoms with E-state index in [0.29, 0.717) is 5.56 Å². The zero-order valence-electron chi connectivity index (χ0n) is 12.5. The molecule has 1 atom stereocenters. The lowest BCUT2D eigenvalue weighted by atomic mass is 10.1. The molecule has 2 fully saturated rings. The highest BCUT2D eigenvalue weighted by Crippen LogP contribution is 2.31. The lowest BCUT2D eigenvalue weighted by molar-refractivity contribution is 0.0600. The maximum Gasteiger partial charge on any atom is 0.339 e. The molecule has 3 rings (SSSR count). The second-order valence-electron chi connectivity index (χ2n) is 6.04. The van der Waals surface area contributed by atoms with Gasteiger partial charge in [-0.1, -0.05) is 0 Å². The van der Waals surface area contributed by atoms with E-state index in [2.05, 4.69) is 19.9 Å². The summed E-state index contributed by atoms with van der Waals surface area (Å²) in [6.45, 7) is 4.31. The summed E-state index contributed by atoms with van der Waals surface area (Å²) in [5, 5.41) is 3.48. The first-order chi connectivity index (χ1) is 10.3. The van der Waals surface area contributed by atoms with Gasteiger partial charge in [0.05, 0.1) is 18.4 Å². The minimum absolute atomic E-state index is 0.340. The normalized spacial score (nSPS) is 22.4. The monoisotopic (exact) mass is 289 g/mol. The van der Waals surface area contributed by atoms with Crippen molar-refractivity contribution in [2.45, 2.75) is 31.8 Å². The van der Waals surface area contributed by atoms with Gasteiger partial charge in [0.25, 0.3) is 0 Å². The summed E-state index contributed by atoms with van der Waals surface area (Å²) < 4.78 is 4.66. The van der Waals surface area contributed by atoms with E-state index in [1.54, 1.807) is 12.3 Å². The molecule has 1 aliphatic heterocycles. The third-order valence-corrected chi connectivity index (χ3v) is 4.37. The Morgan fingerprint density at radius 2 is 2.29 bits per heavy atom. The van der Waals surface area contributed by atoms with Crippen molar-refractivity contribution in [3.63, 3.8) is 0 Å². The van der Waals surface area contributed by atoms with E-state index in [4.69, 9.17) is 0 Å². The van der Waals surface area contributed by atoms with Crippen LogP contribution in [0.25, 0.3) is 0 Å². The van der Waals surface area contributed by atoms with Crippen LogP contribution in [0.3, 0.4) is 0 Å². The first-order valence-corrected chi connectivity index (χ1v) is 7.74. The molecule has 0 amide bonds. The number of methoxy groups -OCH3 is 1. The number of rotatable bonds is 6. The molecule has 2 heterocycles. The Labute approximate surface area is 125 Å². The third kappa shape index (κ3) is 3.80. The van der Waals surface area contributed by atoms with Crippen molar-refractivity contribution in [2.75, 3.05) is 26.7 Å². The van der Waals surface area contributed by atoms with Crippen LogP contribution in [0, 0.1) is 5.92 Å². The Balaban J connectivity index is 1.40. The van der Waals surface area contributed by atoms with E-state index in [9.17, 15) is 4.79 Å². The van der Waals surface area contributed by atoms with Gasteiger partial charge in [0.1, 0.15) is 0 Å². The van der Waals surface area contributed by atoms with E-state index < -0.39 is 0 Å². The highest BCUT2D eigenvalue weighted by molar-refractivity contribution is 5.88. The van der Waals surface area contributed by atoms with Crippen molar-refractivity contribution in [3.8, 4) is 0 Å². The summed E-state index contributed by atoms with van der Waals surface area (Å²) in [5.41, 5.74) is 1.46. The number of aromatic nitrogens is 1. The molecule has 1 aromatic rings. The zero-order chi connectivity index (χ0) is 14.7. The Kier molecular flexibility index (Phi) is 4.51. The Hall–Kier alpha value is -1.46. The number of pyridine rings is 1. The topological polar surface area (TPSA) is 54.5 Å². The number of carbonyl (C=O) groups is 1. The Morgan fingerprint density at radius 3 is 2.95 bits per heavy atom. The number of nitrogens with zero attached hydrogens (tertiary/aromatic N) is 2. The minimum Gasteiger partial charge on any atom is -0.465 e. The molecular weight excluding hydrogens is 266 g/mol. The molecule has 5 nitrogen and oxygen atoms in total. The summed E-state index contributed by atoms with van der Waals surface area (Å²) >= 11 is 0. The highest BCUT2D eigenvalue weighted by Gasteiger charge is 2.33. The molecule has 0 aromatic carbocycles. The van der Waals surface area contributed by atoms with Gasteiger partial charge in [0, 0.05) is 25.3 Å². The van der Waals surface area contributed by atoms with E-state index in [-0.39, 0.29) is 5.97 Å². The maximum atomic E-state index is 11.3. The Morgan fingerprint density at radius 1 is 1.43 bits per heavy atom. The van der Waals surface area contributed by atoms with Crippen LogP contribution in [0.15, 0.2) is 18.3 Å². The number of ether oxygens (including phenoxy) is 1. The van der Waals surface area contributed by atoms with Crippen LogP contribution in [-0.2, 0) is 11.3 Å². The molecule has 114 valence electrons. The molecule has 0 radical (unpaired) electrons. The van der Waals surface area contributed by atoms with Gasteiger partial charge in [-0.15, -0.1) is 0 Å². The summed E-state index contributed by atoms with van der Waals surface area (Å²) in [6, 6.07) is 4.53. The molecule has 0 bridgehead atoms. The van der Waals surface area contributed by atoms with Crippen molar-refractivity contribution < 1.29 is 9.53 Å². The van der Waals surface area contributed by atoms with Gasteiger partial charge in [0.15, 0.2) is 0 Å². The standard InChI is InChI=1S/C16H23N3O2/c1-21-16(20)13-2-3-14(18-9-13)10-17-8-12-6-7-19(11-12)15-4-5-15/h2-3,9,12,15,17H,4-8,10-11H2,1H3. The van der Waals surface area contributed by atoms with Gasteiger partial charge in [-0.25, -0.2) is 4.79 Å². The summed E-state index contributed by atoms with van der Waals surface area (Å²) in [5.74, 6) is 0.424. The smallest absolute Gasteiger partial charge is 0.339 e. The SMILES string of the molecule is COC(=O)c1ccc(CNCC2CCN(C3CC3)C2)nc1. The van der Waals surface area contributed by atoms with Crippen LogP contribution >= 0.6 is 0 Å². The average Bonchev–Trinajstić information content (AvgIpc) is 3.27. The fourth-order valence-corrected chi connectivity index (χ4v) is 2.97. The van der Waals surface area contributed by atoms with Crippen molar-refractivity contribution >= 4 is 5.97 Å². The fraction of sp³-hybridized carbons (Fsp3) is 0.625. The van der Waals surface area contributed by atoms with Crippen LogP contribution in [0.2, 0.25) is 0 Å². The second kappa shape index (κ2) is 6.54. The van der Waals surface area contributed by atoms with Crippen LogP contribution < -0.4 is 5.32 Å². The first-order valence-electron chi connectivity index (χ1n) is 7.74. The van der Waals surface area contributed by atoms with Gasteiger partial charge in [0.2, 0.25) is 0 Å². The fourth-order valence-electron chi connectivity index (χ4n) is 2.97. The van der Waals surface area contributed by atoms with Crippen LogP contribution in [0.4, 0.5) is 0 Å². The van der Waals surface area contributed by atoms with Crippen molar-refractivity contribution in [1.82, 2.24) is 15.2 Å². The molecule has 0 spiro atoms. The summed E-state index contributed by atoms with van der Waals surface area (Å²) in [6.07, 6.45) is 5.68. The molecule has 2 aliphatic rings. The predicted octanol–water partition coefficient (Wildman–Crippen LogP) is 1.44. The summed E-state index contributed by atoms with van der Waals surface area (Å²) in [4.78, 5) is 18.2. The number of nitrogens with one attached hydrogen (secondary N) is 1. The lowest BCUT2D eigenvalue weighted by Gasteiger charge is -2.15. The number of carbonyl (C=O) groups excluding carboxylic acids is 1. The van der Waals surface area contributed by atoms with Gasteiger partial charge in [-0.05, 0) is 50.4 Å². The van der Waals surface area contributed by atoms with E-state index in [0.717, 1.165) is 30.7 Å². The van der Waals surface area contributed by atoms with E-state index in [1.807, 2.05) is 6.07 Å². The highest BCUT2D eigenvalue weighted by atomic mass is 16.5. The molecule has 1 aliphatic carbocycles. The molecule has 1 unspecified atom stereocenters. The zero-order valence-corrected chi connectivity index (χ0v) is 12.5. The number of likely N-dealkylation sites (tertiary alicyclic amines) is 1. The first kappa shape index (κ1) is 14.5. The van der Waals surface area contributed by atoms with Gasteiger partial charge >= 0.3 is 5.97 Å². The minimum atomic E-state index is -0.340. The predicted molar refractivity (Wildman–Crippen MR) is 80.0 cm³/mol. The van der Waals surface area contributed by atoms with E-state index >= 15 is 0 Å².